The number of thiol groups is 1. The van der Waals surface area contributed by atoms with Crippen LogP contribution >= 0.6 is 24.0 Å². The number of amides is 2. The first-order chi connectivity index (χ1) is 14.5. The Labute approximate surface area is 183 Å². The highest BCUT2D eigenvalue weighted by atomic mass is 32.1. The average molecular weight is 444 g/mol. The van der Waals surface area contributed by atoms with E-state index in [4.69, 9.17) is 20.6 Å². The minimum atomic E-state index is -0.503. The highest BCUT2D eigenvalue weighted by Gasteiger charge is 2.28. The number of allylic oxidation sites excluding steroid dienone is 1. The molecule has 1 aromatic carbocycles. The van der Waals surface area contributed by atoms with Gasteiger partial charge >= 0.3 is 0 Å². The molecule has 2 aliphatic rings. The van der Waals surface area contributed by atoms with E-state index < -0.39 is 5.91 Å². The van der Waals surface area contributed by atoms with Crippen molar-refractivity contribution in [2.75, 3.05) is 26.3 Å². The highest BCUT2D eigenvalue weighted by molar-refractivity contribution is 7.90. The summed E-state index contributed by atoms with van der Waals surface area (Å²) in [6.45, 7) is 2.27. The predicted molar refractivity (Wildman–Crippen MR) is 119 cm³/mol. The molecule has 0 saturated carbocycles. The van der Waals surface area contributed by atoms with E-state index >= 15 is 0 Å². The van der Waals surface area contributed by atoms with Crippen molar-refractivity contribution in [1.29, 1.82) is 5.41 Å². The summed E-state index contributed by atoms with van der Waals surface area (Å²) in [5, 5.41) is 8.10. The van der Waals surface area contributed by atoms with Gasteiger partial charge in [0.05, 0.1) is 18.1 Å². The minimum Gasteiger partial charge on any atom is -0.446 e. The number of ether oxygens (including phenoxy) is 2. The third kappa shape index (κ3) is 3.88. The fourth-order valence-electron chi connectivity index (χ4n) is 3.59. The molecule has 1 saturated heterocycles. The monoisotopic (exact) mass is 443 g/mol. The van der Waals surface area contributed by atoms with Crippen LogP contribution in [-0.2, 0) is 11.2 Å². The number of nitrogens with one attached hydrogen (secondary N) is 1. The van der Waals surface area contributed by atoms with E-state index in [0.717, 1.165) is 16.7 Å². The SMILES string of the molecule is N=CC1=C(S)c2c(Oc3ccc(C(=O)N4CCOCC4)cc3)sc(C(N)=O)c2CC1. The molecule has 1 aliphatic heterocycles. The maximum atomic E-state index is 12.6. The first-order valence-corrected chi connectivity index (χ1v) is 10.8. The van der Waals surface area contributed by atoms with E-state index in [1.54, 1.807) is 29.2 Å². The van der Waals surface area contributed by atoms with Crippen LogP contribution in [0.2, 0.25) is 0 Å². The van der Waals surface area contributed by atoms with Crippen molar-refractivity contribution in [3.8, 4) is 10.8 Å². The molecule has 2 aromatic rings. The van der Waals surface area contributed by atoms with Crippen molar-refractivity contribution >= 4 is 46.9 Å². The number of benzene rings is 1. The Morgan fingerprint density at radius 3 is 2.53 bits per heavy atom. The Hall–Kier alpha value is -2.62. The number of carbonyl (C=O) groups excluding carboxylic acids is 2. The van der Waals surface area contributed by atoms with Crippen LogP contribution in [0.1, 0.15) is 37.6 Å². The van der Waals surface area contributed by atoms with Crippen molar-refractivity contribution < 1.29 is 19.1 Å². The smallest absolute Gasteiger partial charge is 0.259 e. The first kappa shape index (κ1) is 20.6. The molecule has 4 rings (SSSR count). The largest absolute Gasteiger partial charge is 0.446 e. The van der Waals surface area contributed by atoms with Gasteiger partial charge in [-0.2, -0.15) is 0 Å². The molecule has 30 heavy (non-hydrogen) atoms. The second-order valence-corrected chi connectivity index (χ2v) is 8.42. The molecule has 0 spiro atoms. The number of primary amides is 1. The maximum Gasteiger partial charge on any atom is 0.259 e. The van der Waals surface area contributed by atoms with Crippen LogP contribution in [-0.4, -0.2) is 49.2 Å². The molecule has 7 nitrogen and oxygen atoms in total. The molecule has 0 unspecified atom stereocenters. The first-order valence-electron chi connectivity index (χ1n) is 9.53. The van der Waals surface area contributed by atoms with Crippen LogP contribution in [0.25, 0.3) is 4.91 Å². The Kier molecular flexibility index (Phi) is 5.94. The summed E-state index contributed by atoms with van der Waals surface area (Å²) in [7, 11) is 0. The van der Waals surface area contributed by atoms with Gasteiger partial charge in [0.1, 0.15) is 5.75 Å². The van der Waals surface area contributed by atoms with Crippen LogP contribution in [0.15, 0.2) is 29.8 Å². The van der Waals surface area contributed by atoms with Gasteiger partial charge in [-0.15, -0.1) is 12.6 Å². The molecule has 0 radical (unpaired) electrons. The number of thiophene rings is 1. The van der Waals surface area contributed by atoms with E-state index in [0.29, 0.717) is 65.3 Å². The van der Waals surface area contributed by atoms with Gasteiger partial charge in [-0.1, -0.05) is 11.3 Å². The number of fused-ring (bicyclic) bond motifs is 1. The zero-order valence-corrected chi connectivity index (χ0v) is 17.9. The molecule has 9 heteroatoms. The zero-order chi connectivity index (χ0) is 21.3. The van der Waals surface area contributed by atoms with Gasteiger partial charge in [0, 0.05) is 35.3 Å². The third-order valence-corrected chi connectivity index (χ3v) is 6.80. The van der Waals surface area contributed by atoms with Crippen molar-refractivity contribution in [1.82, 2.24) is 4.90 Å². The fraction of sp³-hybridized carbons (Fsp3) is 0.286. The van der Waals surface area contributed by atoms with Gasteiger partial charge in [0.15, 0.2) is 5.06 Å². The second-order valence-electron chi connectivity index (χ2n) is 6.99. The van der Waals surface area contributed by atoms with Gasteiger partial charge in [-0.25, -0.2) is 0 Å². The lowest BCUT2D eigenvalue weighted by molar-refractivity contribution is 0.0303. The van der Waals surface area contributed by atoms with Gasteiger partial charge in [0.25, 0.3) is 11.8 Å². The molecule has 2 heterocycles. The molecule has 1 aromatic heterocycles. The molecular weight excluding hydrogens is 422 g/mol. The van der Waals surface area contributed by atoms with Crippen LogP contribution in [0.4, 0.5) is 0 Å². The summed E-state index contributed by atoms with van der Waals surface area (Å²) in [6, 6.07) is 6.91. The van der Waals surface area contributed by atoms with E-state index in [9.17, 15) is 9.59 Å². The molecule has 2 amide bonds. The number of rotatable bonds is 5. The minimum absolute atomic E-state index is 0.0365. The second kappa shape index (κ2) is 8.63. The molecule has 156 valence electrons. The summed E-state index contributed by atoms with van der Waals surface area (Å²) in [5.41, 5.74) is 8.46. The summed E-state index contributed by atoms with van der Waals surface area (Å²) >= 11 is 5.76. The van der Waals surface area contributed by atoms with Crippen molar-refractivity contribution in [2.24, 2.45) is 5.73 Å². The van der Waals surface area contributed by atoms with Crippen LogP contribution < -0.4 is 10.5 Å². The van der Waals surface area contributed by atoms with Gasteiger partial charge < -0.3 is 25.5 Å². The molecule has 1 aliphatic carbocycles. The van der Waals surface area contributed by atoms with Gasteiger partial charge in [-0.05, 0) is 48.2 Å². The summed E-state index contributed by atoms with van der Waals surface area (Å²) in [5.74, 6) is -0.000676. The number of hydrogen-bond acceptors (Lipinski definition) is 7. The molecule has 0 atom stereocenters. The van der Waals surface area contributed by atoms with Crippen LogP contribution in [0, 0.1) is 5.41 Å². The van der Waals surface area contributed by atoms with E-state index in [-0.39, 0.29) is 5.91 Å². The fourth-order valence-corrected chi connectivity index (χ4v) is 5.16. The molecule has 0 bridgehead atoms. The zero-order valence-electron chi connectivity index (χ0n) is 16.1. The highest BCUT2D eigenvalue weighted by Crippen LogP contribution is 2.47. The van der Waals surface area contributed by atoms with E-state index in [1.165, 1.54) is 17.6 Å². The van der Waals surface area contributed by atoms with Crippen molar-refractivity contribution in [3.63, 3.8) is 0 Å². The Bertz CT molecular complexity index is 1040. The Balaban J connectivity index is 1.61. The number of hydrogen-bond donors (Lipinski definition) is 3. The maximum absolute atomic E-state index is 12.6. The number of nitrogens with zero attached hydrogens (tertiary/aromatic N) is 1. The topological polar surface area (TPSA) is 106 Å². The van der Waals surface area contributed by atoms with E-state index in [2.05, 4.69) is 12.6 Å². The summed E-state index contributed by atoms with van der Waals surface area (Å²) in [4.78, 5) is 27.4. The standard InChI is InChI=1S/C21H21N3O4S2/c22-11-13-3-6-15-16(17(13)29)21(30-18(15)19(23)25)28-14-4-1-12(2-5-14)20(26)24-7-9-27-10-8-24/h1-2,4-5,11,22,29H,3,6-10H2,(H2,23,25). The number of carbonyl (C=O) groups is 2. The molecule has 3 N–H and O–H groups in total. The lowest BCUT2D eigenvalue weighted by atomic mass is 9.93. The molecule has 1 fully saturated rings. The quantitative estimate of drug-likeness (QED) is 0.487. The normalized spacial score (nSPS) is 16.2. The van der Waals surface area contributed by atoms with E-state index in [1.807, 2.05) is 0 Å². The van der Waals surface area contributed by atoms with Crippen LogP contribution in [0.5, 0.6) is 10.8 Å². The van der Waals surface area contributed by atoms with Crippen molar-refractivity contribution in [2.45, 2.75) is 12.8 Å². The predicted octanol–water partition coefficient (Wildman–Crippen LogP) is 3.35. The average Bonchev–Trinajstić information content (AvgIpc) is 3.14. The van der Waals surface area contributed by atoms with Gasteiger partial charge in [-0.3, -0.25) is 9.59 Å². The molecular formula is C21H21N3O4S2. The number of nitrogens with two attached hydrogens (primary N) is 1. The summed E-state index contributed by atoms with van der Waals surface area (Å²) < 4.78 is 11.3. The van der Waals surface area contributed by atoms with Gasteiger partial charge in [0.2, 0.25) is 0 Å². The lowest BCUT2D eigenvalue weighted by Crippen LogP contribution is -2.40. The number of morpholine rings is 1. The van der Waals surface area contributed by atoms with Crippen molar-refractivity contribution in [3.05, 3.63) is 51.4 Å². The third-order valence-electron chi connectivity index (χ3n) is 5.17. The Morgan fingerprint density at radius 1 is 1.20 bits per heavy atom. The summed E-state index contributed by atoms with van der Waals surface area (Å²) in [6.07, 6.45) is 2.52. The lowest BCUT2D eigenvalue weighted by Gasteiger charge is -2.26. The Morgan fingerprint density at radius 2 is 1.90 bits per heavy atom. The van der Waals surface area contributed by atoms with Crippen LogP contribution in [0.3, 0.4) is 0 Å².